The zero-order valence-corrected chi connectivity index (χ0v) is 11.0. The Balaban J connectivity index is 1.72. The number of aromatic nitrogens is 5. The molecule has 19 heavy (non-hydrogen) atoms. The summed E-state index contributed by atoms with van der Waals surface area (Å²) in [4.78, 5) is 4.18. The lowest BCUT2D eigenvalue weighted by atomic mass is 10.2. The smallest absolute Gasteiger partial charge is 0.164 e. The lowest BCUT2D eigenvalue weighted by Crippen LogP contribution is -2.14. The molecule has 0 radical (unpaired) electrons. The Hall–Kier alpha value is -2.21. The van der Waals surface area contributed by atoms with E-state index in [9.17, 15) is 0 Å². The first-order valence-electron chi connectivity index (χ1n) is 6.20. The lowest BCUT2D eigenvalue weighted by molar-refractivity contribution is 0.631. The van der Waals surface area contributed by atoms with Crippen LogP contribution in [0.2, 0.25) is 0 Å². The highest BCUT2D eigenvalue weighted by molar-refractivity contribution is 5.81. The third kappa shape index (κ3) is 2.34. The fourth-order valence-electron chi connectivity index (χ4n) is 2.18. The monoisotopic (exact) mass is 256 g/mol. The number of benzene rings is 1. The van der Waals surface area contributed by atoms with Gasteiger partial charge < -0.3 is 5.32 Å². The van der Waals surface area contributed by atoms with Crippen LogP contribution in [0.4, 0.5) is 0 Å². The number of fused-ring (bicyclic) bond motifs is 1. The molecule has 98 valence electrons. The molecule has 0 saturated carbocycles. The first kappa shape index (κ1) is 11.9. The van der Waals surface area contributed by atoms with Crippen LogP contribution in [0.15, 0.2) is 30.6 Å². The van der Waals surface area contributed by atoms with Gasteiger partial charge in [-0.2, -0.15) is 10.2 Å². The molecule has 0 unspecified atom stereocenters. The van der Waals surface area contributed by atoms with Gasteiger partial charge in [-0.05, 0) is 6.07 Å². The molecule has 2 heterocycles. The molecule has 0 atom stereocenters. The molecular weight excluding hydrogens is 240 g/mol. The van der Waals surface area contributed by atoms with Gasteiger partial charge in [-0.15, -0.1) is 0 Å². The van der Waals surface area contributed by atoms with Gasteiger partial charge >= 0.3 is 0 Å². The maximum absolute atomic E-state index is 4.53. The molecule has 6 nitrogen and oxygen atoms in total. The van der Waals surface area contributed by atoms with Gasteiger partial charge in [-0.1, -0.05) is 18.2 Å². The van der Waals surface area contributed by atoms with E-state index in [1.54, 1.807) is 11.0 Å². The summed E-state index contributed by atoms with van der Waals surface area (Å²) in [5, 5.41) is 13.3. The largest absolute Gasteiger partial charge is 0.304 e. The van der Waals surface area contributed by atoms with Crippen LogP contribution in [0.5, 0.6) is 0 Å². The quantitative estimate of drug-likeness (QED) is 0.756. The summed E-state index contributed by atoms with van der Waals surface area (Å²) in [7, 11) is 3.83. The number of rotatable bonds is 4. The van der Waals surface area contributed by atoms with E-state index in [1.165, 1.54) is 5.39 Å². The molecule has 3 aromatic rings. The van der Waals surface area contributed by atoms with Crippen LogP contribution in [0.25, 0.3) is 10.9 Å². The molecule has 0 aliphatic carbocycles. The highest BCUT2D eigenvalue weighted by Gasteiger charge is 2.07. The Morgan fingerprint density at radius 2 is 1.95 bits per heavy atom. The van der Waals surface area contributed by atoms with Gasteiger partial charge in [-0.3, -0.25) is 9.36 Å². The van der Waals surface area contributed by atoms with Crippen molar-refractivity contribution in [3.05, 3.63) is 42.1 Å². The van der Waals surface area contributed by atoms with Crippen molar-refractivity contribution >= 4 is 10.9 Å². The molecule has 2 aromatic heterocycles. The van der Waals surface area contributed by atoms with Crippen molar-refractivity contribution in [2.75, 3.05) is 0 Å². The van der Waals surface area contributed by atoms with E-state index in [1.807, 2.05) is 30.9 Å². The maximum Gasteiger partial charge on any atom is 0.164 e. The number of hydrogen-bond acceptors (Lipinski definition) is 4. The summed E-state index contributed by atoms with van der Waals surface area (Å²) in [6, 6.07) is 8.23. The van der Waals surface area contributed by atoms with Crippen molar-refractivity contribution in [3.8, 4) is 0 Å². The van der Waals surface area contributed by atoms with Crippen LogP contribution in [-0.2, 0) is 27.2 Å². The molecule has 6 heteroatoms. The Kier molecular flexibility index (Phi) is 3.00. The Bertz CT molecular complexity index is 696. The molecular formula is C13H16N6. The molecule has 1 N–H and O–H groups in total. The predicted octanol–water partition coefficient (Wildman–Crippen LogP) is 0.992. The molecule has 0 bridgehead atoms. The molecule has 0 aliphatic heterocycles. The second-order valence-corrected chi connectivity index (χ2v) is 4.53. The van der Waals surface area contributed by atoms with Crippen molar-refractivity contribution in [2.45, 2.75) is 13.1 Å². The van der Waals surface area contributed by atoms with E-state index < -0.39 is 0 Å². The number of hydrogen-bond donors (Lipinski definition) is 1. The van der Waals surface area contributed by atoms with Crippen LogP contribution >= 0.6 is 0 Å². The molecule has 0 spiro atoms. The Labute approximate surface area is 111 Å². The minimum atomic E-state index is 0.645. The summed E-state index contributed by atoms with van der Waals surface area (Å²) in [5.74, 6) is 0.794. The van der Waals surface area contributed by atoms with Gasteiger partial charge in [0, 0.05) is 26.0 Å². The highest BCUT2D eigenvalue weighted by atomic mass is 15.3. The summed E-state index contributed by atoms with van der Waals surface area (Å²) < 4.78 is 3.61. The first-order chi connectivity index (χ1) is 9.24. The van der Waals surface area contributed by atoms with Crippen LogP contribution in [-0.4, -0.2) is 24.5 Å². The van der Waals surface area contributed by atoms with Crippen molar-refractivity contribution in [1.29, 1.82) is 0 Å². The number of nitrogens with one attached hydrogen (secondary N) is 1. The fraction of sp³-hybridized carbons (Fsp3) is 0.308. The predicted molar refractivity (Wildman–Crippen MR) is 72.3 cm³/mol. The molecule has 0 saturated heterocycles. The minimum absolute atomic E-state index is 0.645. The van der Waals surface area contributed by atoms with Crippen molar-refractivity contribution in [3.63, 3.8) is 0 Å². The van der Waals surface area contributed by atoms with Crippen molar-refractivity contribution < 1.29 is 0 Å². The zero-order chi connectivity index (χ0) is 13.2. The maximum atomic E-state index is 4.53. The third-order valence-corrected chi connectivity index (χ3v) is 3.06. The lowest BCUT2D eigenvalue weighted by Gasteiger charge is -1.99. The summed E-state index contributed by atoms with van der Waals surface area (Å²) in [5.41, 5.74) is 2.20. The average molecular weight is 256 g/mol. The summed E-state index contributed by atoms with van der Waals surface area (Å²) >= 11 is 0. The Morgan fingerprint density at radius 3 is 2.74 bits per heavy atom. The molecule has 1 aromatic carbocycles. The fourth-order valence-corrected chi connectivity index (χ4v) is 2.18. The van der Waals surface area contributed by atoms with Crippen LogP contribution in [0, 0.1) is 0 Å². The van der Waals surface area contributed by atoms with Gasteiger partial charge in [0.15, 0.2) is 5.82 Å². The zero-order valence-electron chi connectivity index (χ0n) is 11.0. The number of para-hydroxylation sites is 1. The molecule has 0 aliphatic rings. The Morgan fingerprint density at radius 1 is 1.11 bits per heavy atom. The molecule has 0 amide bonds. The van der Waals surface area contributed by atoms with Gasteiger partial charge in [0.25, 0.3) is 0 Å². The summed E-state index contributed by atoms with van der Waals surface area (Å²) in [6.07, 6.45) is 1.70. The summed E-state index contributed by atoms with van der Waals surface area (Å²) in [6.45, 7) is 1.35. The van der Waals surface area contributed by atoms with Gasteiger partial charge in [0.2, 0.25) is 0 Å². The van der Waals surface area contributed by atoms with Gasteiger partial charge in [-0.25, -0.2) is 4.98 Å². The van der Waals surface area contributed by atoms with Gasteiger partial charge in [0.05, 0.1) is 17.8 Å². The highest BCUT2D eigenvalue weighted by Crippen LogP contribution is 2.16. The standard InChI is InChI=1S/C13H16N6/c1-18-9-15-13(17-18)8-14-7-11-10-5-3-4-6-12(10)19(2)16-11/h3-6,9,14H,7-8H2,1-2H3. The van der Waals surface area contributed by atoms with E-state index in [2.05, 4.69) is 32.6 Å². The van der Waals surface area contributed by atoms with Crippen molar-refractivity contribution in [1.82, 2.24) is 29.9 Å². The molecule has 0 fully saturated rings. The third-order valence-electron chi connectivity index (χ3n) is 3.06. The second kappa shape index (κ2) is 4.81. The van der Waals surface area contributed by atoms with Crippen LogP contribution in [0.3, 0.4) is 0 Å². The normalized spacial score (nSPS) is 11.3. The minimum Gasteiger partial charge on any atom is -0.304 e. The van der Waals surface area contributed by atoms with E-state index >= 15 is 0 Å². The van der Waals surface area contributed by atoms with E-state index in [4.69, 9.17) is 0 Å². The van der Waals surface area contributed by atoms with E-state index in [0.717, 1.165) is 17.0 Å². The number of aryl methyl sites for hydroxylation is 2. The average Bonchev–Trinajstić information content (AvgIpc) is 2.96. The van der Waals surface area contributed by atoms with Crippen molar-refractivity contribution in [2.24, 2.45) is 14.1 Å². The van der Waals surface area contributed by atoms with Crippen LogP contribution < -0.4 is 5.32 Å². The van der Waals surface area contributed by atoms with Crippen LogP contribution in [0.1, 0.15) is 11.5 Å². The van der Waals surface area contributed by atoms with E-state index in [0.29, 0.717) is 13.1 Å². The second-order valence-electron chi connectivity index (χ2n) is 4.53. The van der Waals surface area contributed by atoms with Gasteiger partial charge in [0.1, 0.15) is 6.33 Å². The topological polar surface area (TPSA) is 60.6 Å². The molecule has 3 rings (SSSR count). The number of nitrogens with zero attached hydrogens (tertiary/aromatic N) is 5. The SMILES string of the molecule is Cn1cnc(CNCc2nn(C)c3ccccc23)n1. The van der Waals surface area contributed by atoms with E-state index in [-0.39, 0.29) is 0 Å². The first-order valence-corrected chi connectivity index (χ1v) is 6.20.